The van der Waals surface area contributed by atoms with Crippen LogP contribution >= 0.6 is 23.2 Å². The monoisotopic (exact) mass is 389 g/mol. The molecule has 0 saturated carbocycles. The standard InChI is InChI=1S/C18H13Cl2N3O3/c19-13-3-4-16(15(20)7-13)23-18(25)12-6-11(8-21-9-12)17(24)22-10-14-2-1-5-26-14/h1-9H,10H2,(H,22,24)(H,23,25). The summed E-state index contributed by atoms with van der Waals surface area (Å²) >= 11 is 11.9. The van der Waals surface area contributed by atoms with Gasteiger partial charge in [0.15, 0.2) is 0 Å². The normalized spacial score (nSPS) is 10.4. The molecule has 2 aromatic heterocycles. The molecule has 0 aliphatic rings. The van der Waals surface area contributed by atoms with E-state index < -0.39 is 5.91 Å². The van der Waals surface area contributed by atoms with Gasteiger partial charge >= 0.3 is 0 Å². The average Bonchev–Trinajstić information content (AvgIpc) is 3.15. The second-order valence-corrected chi connectivity index (χ2v) is 6.15. The highest BCUT2D eigenvalue weighted by Crippen LogP contribution is 2.25. The van der Waals surface area contributed by atoms with Gasteiger partial charge in [-0.1, -0.05) is 23.2 Å². The minimum absolute atomic E-state index is 0.224. The van der Waals surface area contributed by atoms with E-state index in [4.69, 9.17) is 27.6 Å². The van der Waals surface area contributed by atoms with E-state index in [-0.39, 0.29) is 23.6 Å². The Kier molecular flexibility index (Phi) is 5.55. The van der Waals surface area contributed by atoms with Crippen molar-refractivity contribution in [3.05, 3.63) is 82.0 Å². The Labute approximate surface area is 159 Å². The molecule has 8 heteroatoms. The van der Waals surface area contributed by atoms with Crippen molar-refractivity contribution in [3.8, 4) is 0 Å². The molecule has 0 fully saturated rings. The lowest BCUT2D eigenvalue weighted by molar-refractivity contribution is 0.0947. The van der Waals surface area contributed by atoms with Gasteiger partial charge in [-0.25, -0.2) is 0 Å². The molecular weight excluding hydrogens is 377 g/mol. The number of nitrogens with one attached hydrogen (secondary N) is 2. The molecule has 6 nitrogen and oxygen atoms in total. The third-order valence-corrected chi connectivity index (χ3v) is 3.99. The van der Waals surface area contributed by atoms with E-state index in [1.807, 2.05) is 0 Å². The van der Waals surface area contributed by atoms with Gasteiger partial charge in [-0.2, -0.15) is 0 Å². The second-order valence-electron chi connectivity index (χ2n) is 5.30. The summed E-state index contributed by atoms with van der Waals surface area (Å²) in [5.74, 6) is -0.187. The highest BCUT2D eigenvalue weighted by molar-refractivity contribution is 6.36. The number of carbonyl (C=O) groups excluding carboxylic acids is 2. The molecule has 132 valence electrons. The van der Waals surface area contributed by atoms with Gasteiger partial charge in [-0.05, 0) is 36.4 Å². The largest absolute Gasteiger partial charge is 0.467 e. The number of benzene rings is 1. The molecule has 2 heterocycles. The molecule has 0 bridgehead atoms. The first-order valence-corrected chi connectivity index (χ1v) is 8.30. The van der Waals surface area contributed by atoms with Gasteiger partial charge in [0.2, 0.25) is 0 Å². The summed E-state index contributed by atoms with van der Waals surface area (Å²) in [6.45, 7) is 0.239. The minimum atomic E-state index is -0.442. The third kappa shape index (κ3) is 4.41. The topological polar surface area (TPSA) is 84.2 Å². The minimum Gasteiger partial charge on any atom is -0.467 e. The lowest BCUT2D eigenvalue weighted by Crippen LogP contribution is -2.23. The zero-order chi connectivity index (χ0) is 18.5. The number of anilines is 1. The van der Waals surface area contributed by atoms with Gasteiger partial charge in [0, 0.05) is 17.4 Å². The molecule has 0 unspecified atom stereocenters. The maximum absolute atomic E-state index is 12.4. The SMILES string of the molecule is O=C(NCc1ccco1)c1cncc(C(=O)Nc2ccc(Cl)cc2Cl)c1. The van der Waals surface area contributed by atoms with E-state index in [9.17, 15) is 9.59 Å². The Morgan fingerprint density at radius 1 is 1.04 bits per heavy atom. The summed E-state index contributed by atoms with van der Waals surface area (Å²) in [4.78, 5) is 28.5. The highest BCUT2D eigenvalue weighted by Gasteiger charge is 2.13. The molecule has 26 heavy (non-hydrogen) atoms. The fraction of sp³-hybridized carbons (Fsp3) is 0.0556. The summed E-state index contributed by atoms with van der Waals surface area (Å²) in [6.07, 6.45) is 4.27. The zero-order valence-electron chi connectivity index (χ0n) is 13.3. The van der Waals surface area contributed by atoms with Gasteiger partial charge < -0.3 is 15.1 Å². The van der Waals surface area contributed by atoms with Crippen molar-refractivity contribution in [2.45, 2.75) is 6.54 Å². The van der Waals surface area contributed by atoms with Gasteiger partial charge in [0.25, 0.3) is 11.8 Å². The molecule has 3 aromatic rings. The first-order valence-electron chi connectivity index (χ1n) is 7.55. The van der Waals surface area contributed by atoms with Gasteiger partial charge in [0.05, 0.1) is 34.6 Å². The number of pyridine rings is 1. The van der Waals surface area contributed by atoms with Crippen molar-refractivity contribution >= 4 is 40.7 Å². The van der Waals surface area contributed by atoms with Crippen LogP contribution < -0.4 is 10.6 Å². The van der Waals surface area contributed by atoms with Crippen LogP contribution in [0.25, 0.3) is 0 Å². The Bertz CT molecular complexity index is 943. The number of carbonyl (C=O) groups is 2. The number of hydrogen-bond donors (Lipinski definition) is 2. The Morgan fingerprint density at radius 3 is 2.50 bits per heavy atom. The quantitative estimate of drug-likeness (QED) is 0.685. The highest BCUT2D eigenvalue weighted by atomic mass is 35.5. The van der Waals surface area contributed by atoms with E-state index in [1.165, 1.54) is 30.8 Å². The number of rotatable bonds is 5. The maximum atomic E-state index is 12.4. The summed E-state index contributed by atoms with van der Waals surface area (Å²) in [6, 6.07) is 9.66. The molecule has 0 saturated heterocycles. The molecule has 0 spiro atoms. The van der Waals surface area contributed by atoms with Crippen molar-refractivity contribution in [3.63, 3.8) is 0 Å². The predicted molar refractivity (Wildman–Crippen MR) is 98.5 cm³/mol. The molecule has 2 amide bonds. The maximum Gasteiger partial charge on any atom is 0.257 e. The number of hydrogen-bond acceptors (Lipinski definition) is 4. The van der Waals surface area contributed by atoms with Gasteiger partial charge in [-0.15, -0.1) is 0 Å². The van der Waals surface area contributed by atoms with Crippen LogP contribution in [0.2, 0.25) is 10.0 Å². The average molecular weight is 390 g/mol. The van der Waals surface area contributed by atoms with Crippen LogP contribution in [0.3, 0.4) is 0 Å². The molecule has 3 rings (SSSR count). The predicted octanol–water partition coefficient (Wildman–Crippen LogP) is 4.16. The van der Waals surface area contributed by atoms with E-state index in [2.05, 4.69) is 15.6 Å². The van der Waals surface area contributed by atoms with Crippen LogP contribution in [-0.4, -0.2) is 16.8 Å². The lowest BCUT2D eigenvalue weighted by atomic mass is 10.1. The number of aromatic nitrogens is 1. The van der Waals surface area contributed by atoms with Crippen LogP contribution in [0.4, 0.5) is 5.69 Å². The zero-order valence-corrected chi connectivity index (χ0v) is 14.8. The Balaban J connectivity index is 1.69. The molecule has 2 N–H and O–H groups in total. The van der Waals surface area contributed by atoms with Crippen LogP contribution in [-0.2, 0) is 6.54 Å². The lowest BCUT2D eigenvalue weighted by Gasteiger charge is -2.08. The summed E-state index contributed by atoms with van der Waals surface area (Å²) < 4.78 is 5.15. The van der Waals surface area contributed by atoms with Crippen LogP contribution in [0.1, 0.15) is 26.5 Å². The Hall–Kier alpha value is -2.83. The number of furan rings is 1. The van der Waals surface area contributed by atoms with E-state index >= 15 is 0 Å². The summed E-state index contributed by atoms with van der Waals surface area (Å²) in [7, 11) is 0. The molecule has 0 aliphatic carbocycles. The smallest absolute Gasteiger partial charge is 0.257 e. The van der Waals surface area contributed by atoms with Crippen LogP contribution in [0, 0.1) is 0 Å². The van der Waals surface area contributed by atoms with Crippen molar-refractivity contribution in [2.75, 3.05) is 5.32 Å². The fourth-order valence-electron chi connectivity index (χ4n) is 2.16. The Morgan fingerprint density at radius 2 is 1.81 bits per heavy atom. The van der Waals surface area contributed by atoms with Crippen LogP contribution in [0.15, 0.2) is 59.5 Å². The molecule has 0 radical (unpaired) electrons. The third-order valence-electron chi connectivity index (χ3n) is 3.45. The first kappa shape index (κ1) is 18.0. The second kappa shape index (κ2) is 8.03. The van der Waals surface area contributed by atoms with Crippen molar-refractivity contribution in [1.82, 2.24) is 10.3 Å². The first-order chi connectivity index (χ1) is 12.5. The van der Waals surface area contributed by atoms with Crippen molar-refractivity contribution in [2.24, 2.45) is 0 Å². The fourth-order valence-corrected chi connectivity index (χ4v) is 2.61. The van der Waals surface area contributed by atoms with E-state index in [0.29, 0.717) is 21.5 Å². The molecular formula is C18H13Cl2N3O3. The van der Waals surface area contributed by atoms with Crippen molar-refractivity contribution in [1.29, 1.82) is 0 Å². The number of halogens is 2. The van der Waals surface area contributed by atoms with Gasteiger partial charge in [0.1, 0.15) is 5.76 Å². The van der Waals surface area contributed by atoms with Gasteiger partial charge in [-0.3, -0.25) is 14.6 Å². The van der Waals surface area contributed by atoms with Crippen molar-refractivity contribution < 1.29 is 14.0 Å². The molecule has 0 aliphatic heterocycles. The van der Waals surface area contributed by atoms with Crippen LogP contribution in [0.5, 0.6) is 0 Å². The number of amides is 2. The molecule has 0 atom stereocenters. The summed E-state index contributed by atoms with van der Waals surface area (Å²) in [5, 5.41) is 6.12. The summed E-state index contributed by atoms with van der Waals surface area (Å²) in [5.41, 5.74) is 0.891. The molecule has 1 aromatic carbocycles. The van der Waals surface area contributed by atoms with E-state index in [0.717, 1.165) is 0 Å². The van der Waals surface area contributed by atoms with E-state index in [1.54, 1.807) is 24.3 Å². The number of nitrogens with zero attached hydrogens (tertiary/aromatic N) is 1.